The number of carbonyl (C=O) groups is 2. The zero-order chi connectivity index (χ0) is 29.8. The van der Waals surface area contributed by atoms with Gasteiger partial charge in [0.1, 0.15) is 6.54 Å². The van der Waals surface area contributed by atoms with E-state index in [9.17, 15) is 18.0 Å². The Kier molecular flexibility index (Phi) is 8.63. The Morgan fingerprint density at radius 1 is 0.732 bits per heavy atom. The summed E-state index contributed by atoms with van der Waals surface area (Å²) in [5.74, 6) is -0.799. The molecule has 4 aromatic carbocycles. The molecule has 0 heterocycles. The Balaban J connectivity index is 1.51. The summed E-state index contributed by atoms with van der Waals surface area (Å²) in [5.41, 5.74) is 4.73. The monoisotopic (exact) mass is 569 g/mol. The van der Waals surface area contributed by atoms with E-state index < -0.39 is 22.5 Å². The molecule has 0 atom stereocenters. The fraction of sp³-hybridized carbons (Fsp3) is 0.212. The van der Waals surface area contributed by atoms with Crippen LogP contribution in [0.1, 0.15) is 47.8 Å². The zero-order valence-electron chi connectivity index (χ0n) is 23.9. The van der Waals surface area contributed by atoms with Gasteiger partial charge in [0.05, 0.1) is 10.6 Å². The number of sulfonamides is 1. The lowest BCUT2D eigenvalue weighted by molar-refractivity contribution is -0.114. The first kappa shape index (κ1) is 29.6. The van der Waals surface area contributed by atoms with E-state index in [1.165, 1.54) is 12.1 Å². The van der Waals surface area contributed by atoms with Gasteiger partial charge in [-0.3, -0.25) is 13.9 Å². The fourth-order valence-electron chi connectivity index (χ4n) is 4.27. The van der Waals surface area contributed by atoms with E-state index in [-0.39, 0.29) is 16.2 Å². The van der Waals surface area contributed by atoms with Crippen LogP contribution < -0.4 is 14.9 Å². The van der Waals surface area contributed by atoms with Crippen LogP contribution in [0.2, 0.25) is 0 Å². The van der Waals surface area contributed by atoms with Crippen LogP contribution in [0, 0.1) is 13.8 Å². The summed E-state index contributed by atoms with van der Waals surface area (Å²) in [4.78, 5) is 26.1. The van der Waals surface area contributed by atoms with Crippen molar-refractivity contribution in [3.63, 3.8) is 0 Å². The van der Waals surface area contributed by atoms with Crippen molar-refractivity contribution in [3.05, 3.63) is 119 Å². The van der Waals surface area contributed by atoms with Gasteiger partial charge >= 0.3 is 0 Å². The molecule has 0 aliphatic heterocycles. The molecule has 2 amide bonds. The minimum absolute atomic E-state index is 0.0179. The van der Waals surface area contributed by atoms with Crippen molar-refractivity contribution in [3.8, 4) is 0 Å². The molecule has 41 heavy (non-hydrogen) atoms. The Hall–Kier alpha value is -4.43. The second-order valence-corrected chi connectivity index (χ2v) is 12.9. The molecule has 0 spiro atoms. The number of nitrogens with zero attached hydrogens (tertiary/aromatic N) is 1. The van der Waals surface area contributed by atoms with E-state index in [0.717, 1.165) is 21.0 Å². The number of hydrogen-bond acceptors (Lipinski definition) is 4. The summed E-state index contributed by atoms with van der Waals surface area (Å²) in [6.45, 7) is 9.64. The van der Waals surface area contributed by atoms with Crippen LogP contribution in [-0.4, -0.2) is 26.8 Å². The minimum Gasteiger partial charge on any atom is -0.324 e. The van der Waals surface area contributed by atoms with E-state index in [1.54, 1.807) is 66.7 Å². The van der Waals surface area contributed by atoms with E-state index >= 15 is 0 Å². The number of rotatable bonds is 8. The smallest absolute Gasteiger partial charge is 0.264 e. The molecule has 0 saturated carbocycles. The standard InChI is InChI=1S/C33H35N3O4S/c1-23-12-18-30(19-13-23)41(39,40)36(29-11-6-8-24(2)20-29)22-31(37)34-27-9-7-10-28(21-27)35-32(38)25-14-16-26(17-15-25)33(3,4)5/h6-21H,22H2,1-5H3,(H,34,37)(H,35,38). The molecule has 8 heteroatoms. The number of anilines is 3. The number of nitrogens with one attached hydrogen (secondary N) is 2. The highest BCUT2D eigenvalue weighted by Crippen LogP contribution is 2.26. The first-order chi connectivity index (χ1) is 19.3. The minimum atomic E-state index is -4.03. The molecule has 7 nitrogen and oxygen atoms in total. The molecule has 0 radical (unpaired) electrons. The third kappa shape index (κ3) is 7.41. The SMILES string of the molecule is Cc1ccc(S(=O)(=O)N(CC(=O)Nc2cccc(NC(=O)c3ccc(C(C)(C)C)cc3)c2)c2cccc(C)c2)cc1. The van der Waals surface area contributed by atoms with Crippen molar-refractivity contribution in [1.82, 2.24) is 0 Å². The summed E-state index contributed by atoms with van der Waals surface area (Å²) in [6, 6.07) is 27.7. The second-order valence-electron chi connectivity index (χ2n) is 11.1. The number of carbonyl (C=O) groups excluding carboxylic acids is 2. The van der Waals surface area contributed by atoms with Crippen LogP contribution in [0.3, 0.4) is 0 Å². The van der Waals surface area contributed by atoms with Crippen molar-refractivity contribution in [1.29, 1.82) is 0 Å². The molecule has 0 aliphatic carbocycles. The van der Waals surface area contributed by atoms with Crippen molar-refractivity contribution >= 4 is 38.9 Å². The van der Waals surface area contributed by atoms with Gasteiger partial charge in [-0.05, 0) is 85.0 Å². The summed E-state index contributed by atoms with van der Waals surface area (Å²) in [5, 5.41) is 5.63. The van der Waals surface area contributed by atoms with Gasteiger partial charge in [-0.15, -0.1) is 0 Å². The lowest BCUT2D eigenvalue weighted by Gasteiger charge is -2.24. The predicted octanol–water partition coefficient (Wildman–Crippen LogP) is 6.69. The summed E-state index contributed by atoms with van der Waals surface area (Å²) < 4.78 is 28.4. The lowest BCUT2D eigenvalue weighted by atomic mass is 9.87. The van der Waals surface area contributed by atoms with Gasteiger partial charge in [-0.2, -0.15) is 0 Å². The van der Waals surface area contributed by atoms with E-state index in [1.807, 2.05) is 32.0 Å². The maximum atomic E-state index is 13.6. The van der Waals surface area contributed by atoms with Gasteiger partial charge in [0.25, 0.3) is 15.9 Å². The first-order valence-corrected chi connectivity index (χ1v) is 14.7. The molecule has 0 fully saturated rings. The topological polar surface area (TPSA) is 95.6 Å². The Labute approximate surface area is 242 Å². The molecule has 4 aromatic rings. The molecule has 4 rings (SSSR count). The van der Waals surface area contributed by atoms with Crippen molar-refractivity contribution in [2.75, 3.05) is 21.5 Å². The third-order valence-electron chi connectivity index (χ3n) is 6.60. The Bertz CT molecular complexity index is 1660. The number of benzene rings is 4. The molecule has 0 unspecified atom stereocenters. The maximum absolute atomic E-state index is 13.6. The first-order valence-electron chi connectivity index (χ1n) is 13.3. The molecule has 2 N–H and O–H groups in total. The van der Waals surface area contributed by atoms with Crippen LogP contribution in [0.25, 0.3) is 0 Å². The van der Waals surface area contributed by atoms with E-state index in [2.05, 4.69) is 31.4 Å². The molecule has 212 valence electrons. The van der Waals surface area contributed by atoms with Crippen LogP contribution in [-0.2, 0) is 20.2 Å². The molecule has 0 aromatic heterocycles. The molecular formula is C33H35N3O4S. The zero-order valence-corrected chi connectivity index (χ0v) is 24.7. The molecule has 0 bridgehead atoms. The van der Waals surface area contributed by atoms with Gasteiger partial charge in [-0.1, -0.05) is 68.8 Å². The highest BCUT2D eigenvalue weighted by atomic mass is 32.2. The van der Waals surface area contributed by atoms with E-state index in [0.29, 0.717) is 22.6 Å². The summed E-state index contributed by atoms with van der Waals surface area (Å²) in [7, 11) is -4.03. The Morgan fingerprint density at radius 2 is 1.34 bits per heavy atom. The lowest BCUT2D eigenvalue weighted by Crippen LogP contribution is -2.38. The van der Waals surface area contributed by atoms with Crippen molar-refractivity contribution in [2.45, 2.75) is 44.9 Å². The largest absolute Gasteiger partial charge is 0.324 e. The highest BCUT2D eigenvalue weighted by molar-refractivity contribution is 7.92. The van der Waals surface area contributed by atoms with Crippen LogP contribution >= 0.6 is 0 Å². The fourth-order valence-corrected chi connectivity index (χ4v) is 5.68. The average Bonchev–Trinajstić information content (AvgIpc) is 2.91. The highest BCUT2D eigenvalue weighted by Gasteiger charge is 2.27. The third-order valence-corrected chi connectivity index (χ3v) is 8.39. The molecule has 0 saturated heterocycles. The summed E-state index contributed by atoms with van der Waals surface area (Å²) >= 11 is 0. The number of aryl methyl sites for hydroxylation is 2. The average molecular weight is 570 g/mol. The van der Waals surface area contributed by atoms with Gasteiger partial charge in [0.15, 0.2) is 0 Å². The predicted molar refractivity (Wildman–Crippen MR) is 165 cm³/mol. The van der Waals surface area contributed by atoms with Crippen LogP contribution in [0.4, 0.5) is 17.1 Å². The van der Waals surface area contributed by atoms with Crippen LogP contribution in [0.5, 0.6) is 0 Å². The molecule has 0 aliphatic rings. The Morgan fingerprint density at radius 3 is 1.95 bits per heavy atom. The van der Waals surface area contributed by atoms with Gasteiger partial charge in [-0.25, -0.2) is 8.42 Å². The van der Waals surface area contributed by atoms with Crippen LogP contribution in [0.15, 0.2) is 102 Å². The van der Waals surface area contributed by atoms with Crippen molar-refractivity contribution in [2.24, 2.45) is 0 Å². The molecular weight excluding hydrogens is 534 g/mol. The number of hydrogen-bond donors (Lipinski definition) is 2. The second kappa shape index (κ2) is 12.0. The van der Waals surface area contributed by atoms with Gasteiger partial charge in [0, 0.05) is 16.9 Å². The summed E-state index contributed by atoms with van der Waals surface area (Å²) in [6.07, 6.45) is 0. The number of amides is 2. The van der Waals surface area contributed by atoms with E-state index in [4.69, 9.17) is 0 Å². The quantitative estimate of drug-likeness (QED) is 0.247. The van der Waals surface area contributed by atoms with Gasteiger partial charge in [0.2, 0.25) is 5.91 Å². The van der Waals surface area contributed by atoms with Gasteiger partial charge < -0.3 is 10.6 Å². The maximum Gasteiger partial charge on any atom is 0.264 e. The van der Waals surface area contributed by atoms with Crippen molar-refractivity contribution < 1.29 is 18.0 Å². The normalized spacial score (nSPS) is 11.5.